The van der Waals surface area contributed by atoms with Crippen molar-refractivity contribution in [3.63, 3.8) is 0 Å². The van der Waals surface area contributed by atoms with Gasteiger partial charge in [-0.2, -0.15) is 0 Å². The predicted molar refractivity (Wildman–Crippen MR) is 137 cm³/mol. The third-order valence-corrected chi connectivity index (χ3v) is 7.11. The predicted octanol–water partition coefficient (Wildman–Crippen LogP) is 5.18. The van der Waals surface area contributed by atoms with E-state index in [0.717, 1.165) is 46.0 Å². The van der Waals surface area contributed by atoms with Crippen LogP contribution >= 0.6 is 22.9 Å². The van der Waals surface area contributed by atoms with E-state index in [0.29, 0.717) is 28.8 Å². The third kappa shape index (κ3) is 4.55. The molecular weight excluding hydrogens is 486 g/mol. The molecule has 6 rings (SSSR count). The SMILES string of the molecule is COC1=Cc2ncnc(Nc3ccc(Oc4ccc5ncsc5c4)c(Cl)c3)c2CC1OC1CNC1. The number of nitrogens with zero attached hydrogens (tertiary/aromatic N) is 3. The van der Waals surface area contributed by atoms with Gasteiger partial charge in [0.1, 0.15) is 35.5 Å². The highest BCUT2D eigenvalue weighted by Gasteiger charge is 2.30. The molecule has 178 valence electrons. The van der Waals surface area contributed by atoms with Crippen LogP contribution in [0.2, 0.25) is 5.02 Å². The average Bonchev–Trinajstić information content (AvgIpc) is 3.31. The Hall–Kier alpha value is -3.24. The summed E-state index contributed by atoms with van der Waals surface area (Å²) >= 11 is 8.14. The minimum atomic E-state index is -0.179. The normalized spacial score (nSPS) is 17.4. The van der Waals surface area contributed by atoms with Gasteiger partial charge in [-0.1, -0.05) is 11.6 Å². The zero-order valence-corrected chi connectivity index (χ0v) is 20.4. The maximum absolute atomic E-state index is 6.57. The van der Waals surface area contributed by atoms with Crippen molar-refractivity contribution in [2.75, 3.05) is 25.5 Å². The van der Waals surface area contributed by atoms with E-state index in [-0.39, 0.29) is 12.2 Å². The molecule has 2 aromatic heterocycles. The molecule has 8 nitrogen and oxygen atoms in total. The molecule has 1 aliphatic carbocycles. The molecule has 0 spiro atoms. The van der Waals surface area contributed by atoms with Crippen molar-refractivity contribution in [3.05, 3.63) is 70.3 Å². The van der Waals surface area contributed by atoms with E-state index in [1.165, 1.54) is 6.33 Å². The van der Waals surface area contributed by atoms with Gasteiger partial charge >= 0.3 is 0 Å². The summed E-state index contributed by atoms with van der Waals surface area (Å²) in [6, 6.07) is 11.4. The van der Waals surface area contributed by atoms with Crippen molar-refractivity contribution in [2.24, 2.45) is 0 Å². The first-order chi connectivity index (χ1) is 17.2. The number of hydrogen-bond acceptors (Lipinski definition) is 9. The summed E-state index contributed by atoms with van der Waals surface area (Å²) in [4.78, 5) is 13.2. The summed E-state index contributed by atoms with van der Waals surface area (Å²) in [6.45, 7) is 1.70. The van der Waals surface area contributed by atoms with Crippen LogP contribution in [0.1, 0.15) is 11.3 Å². The summed E-state index contributed by atoms with van der Waals surface area (Å²) in [7, 11) is 1.66. The van der Waals surface area contributed by atoms with Crippen molar-refractivity contribution in [3.8, 4) is 11.5 Å². The molecule has 1 aliphatic heterocycles. The van der Waals surface area contributed by atoms with E-state index in [2.05, 4.69) is 25.6 Å². The lowest BCUT2D eigenvalue weighted by atomic mass is 9.98. The molecule has 3 heterocycles. The molecule has 2 aromatic carbocycles. The van der Waals surface area contributed by atoms with Gasteiger partial charge in [0.25, 0.3) is 0 Å². The summed E-state index contributed by atoms with van der Waals surface area (Å²) in [5.41, 5.74) is 5.35. The van der Waals surface area contributed by atoms with Crippen LogP contribution in [0.15, 0.2) is 54.0 Å². The first kappa shape index (κ1) is 22.2. The summed E-state index contributed by atoms with van der Waals surface area (Å²) in [5.74, 6) is 2.76. The molecule has 35 heavy (non-hydrogen) atoms. The van der Waals surface area contributed by atoms with E-state index in [1.54, 1.807) is 18.4 Å². The molecule has 4 aromatic rings. The molecule has 0 amide bonds. The van der Waals surface area contributed by atoms with Crippen molar-refractivity contribution >= 4 is 50.7 Å². The zero-order chi connectivity index (χ0) is 23.8. The van der Waals surface area contributed by atoms with Crippen molar-refractivity contribution in [1.29, 1.82) is 0 Å². The number of nitrogens with one attached hydrogen (secondary N) is 2. The molecular formula is C25H22ClN5O3S. The van der Waals surface area contributed by atoms with Crippen molar-refractivity contribution in [2.45, 2.75) is 18.6 Å². The Morgan fingerprint density at radius 3 is 2.83 bits per heavy atom. The lowest BCUT2D eigenvalue weighted by Crippen LogP contribution is -2.50. The van der Waals surface area contributed by atoms with Crippen molar-refractivity contribution in [1.82, 2.24) is 20.3 Å². The molecule has 1 saturated heterocycles. The second-order valence-electron chi connectivity index (χ2n) is 8.30. The molecule has 2 aliphatic rings. The van der Waals surface area contributed by atoms with Crippen LogP contribution in [0.25, 0.3) is 16.3 Å². The Kier molecular flexibility index (Phi) is 5.99. The third-order valence-electron chi connectivity index (χ3n) is 6.03. The Morgan fingerprint density at radius 2 is 2.03 bits per heavy atom. The van der Waals surface area contributed by atoms with Gasteiger partial charge < -0.3 is 24.8 Å². The number of thiazole rings is 1. The Morgan fingerprint density at radius 1 is 1.11 bits per heavy atom. The second kappa shape index (κ2) is 9.43. The monoisotopic (exact) mass is 507 g/mol. The first-order valence-corrected chi connectivity index (χ1v) is 12.5. The Labute approximate surface area is 210 Å². The maximum Gasteiger partial charge on any atom is 0.146 e. The van der Waals surface area contributed by atoms with E-state index in [9.17, 15) is 0 Å². The fourth-order valence-electron chi connectivity index (χ4n) is 4.09. The van der Waals surface area contributed by atoms with E-state index in [1.807, 2.05) is 48.0 Å². The number of fused-ring (bicyclic) bond motifs is 2. The number of methoxy groups -OCH3 is 1. The van der Waals surface area contributed by atoms with Gasteiger partial charge in [0.15, 0.2) is 0 Å². The first-order valence-electron chi connectivity index (χ1n) is 11.2. The molecule has 0 saturated carbocycles. The Balaban J connectivity index is 1.22. The Bertz CT molecular complexity index is 1420. The highest BCUT2D eigenvalue weighted by Crippen LogP contribution is 2.36. The van der Waals surface area contributed by atoms with Crippen LogP contribution in [0.3, 0.4) is 0 Å². The standard InChI is InChI=1S/C25H22ClN5O3S/c1-32-22-9-20-17(8-23(22)34-16-10-27-11-16)25(29-12-28-20)31-14-2-5-21(18(26)6-14)33-15-3-4-19-24(7-15)35-13-30-19/h2-7,9,12-13,16,23,27H,8,10-11H2,1H3,(H,28,29,31). The highest BCUT2D eigenvalue weighted by molar-refractivity contribution is 7.16. The lowest BCUT2D eigenvalue weighted by molar-refractivity contribution is -0.0399. The zero-order valence-electron chi connectivity index (χ0n) is 18.8. The number of anilines is 2. The van der Waals surface area contributed by atoms with E-state index in [4.69, 9.17) is 25.8 Å². The summed E-state index contributed by atoms with van der Waals surface area (Å²) < 4.78 is 18.9. The van der Waals surface area contributed by atoms with Crippen LogP contribution in [0.5, 0.6) is 11.5 Å². The van der Waals surface area contributed by atoms with Crippen molar-refractivity contribution < 1.29 is 14.2 Å². The molecule has 1 atom stereocenters. The quantitative estimate of drug-likeness (QED) is 0.354. The van der Waals surface area contributed by atoms with Gasteiger partial charge in [0, 0.05) is 42.9 Å². The summed E-state index contributed by atoms with van der Waals surface area (Å²) in [5, 5.41) is 7.10. The number of ether oxygens (including phenoxy) is 3. The van der Waals surface area contributed by atoms with Gasteiger partial charge in [0.05, 0.1) is 39.7 Å². The van der Waals surface area contributed by atoms with Crippen LogP contribution in [-0.4, -0.2) is 47.4 Å². The van der Waals surface area contributed by atoms with Gasteiger partial charge in [-0.3, -0.25) is 0 Å². The van der Waals surface area contributed by atoms with E-state index >= 15 is 0 Å². The number of halogens is 1. The van der Waals surface area contributed by atoms with Gasteiger partial charge in [-0.25, -0.2) is 15.0 Å². The van der Waals surface area contributed by atoms with Crippen LogP contribution in [0, 0.1) is 0 Å². The minimum Gasteiger partial charge on any atom is -0.498 e. The topological polar surface area (TPSA) is 90.4 Å². The number of benzene rings is 2. The minimum absolute atomic E-state index is 0.179. The largest absolute Gasteiger partial charge is 0.498 e. The molecule has 10 heteroatoms. The smallest absolute Gasteiger partial charge is 0.146 e. The number of aromatic nitrogens is 3. The van der Waals surface area contributed by atoms with Crippen LogP contribution in [-0.2, 0) is 15.9 Å². The second-order valence-corrected chi connectivity index (χ2v) is 9.59. The molecule has 0 radical (unpaired) electrons. The maximum atomic E-state index is 6.57. The fraction of sp³-hybridized carbons (Fsp3) is 0.240. The molecule has 0 bridgehead atoms. The van der Waals surface area contributed by atoms with Crippen LogP contribution < -0.4 is 15.4 Å². The average molecular weight is 508 g/mol. The van der Waals surface area contributed by atoms with Gasteiger partial charge in [0.2, 0.25) is 0 Å². The molecule has 1 unspecified atom stereocenters. The highest BCUT2D eigenvalue weighted by atomic mass is 35.5. The fourth-order valence-corrected chi connectivity index (χ4v) is 5.02. The van der Waals surface area contributed by atoms with Crippen LogP contribution in [0.4, 0.5) is 11.5 Å². The summed E-state index contributed by atoms with van der Waals surface area (Å²) in [6.07, 6.45) is 4.08. The number of rotatable bonds is 7. The van der Waals surface area contributed by atoms with Gasteiger partial charge in [-0.05, 0) is 30.3 Å². The van der Waals surface area contributed by atoms with E-state index < -0.39 is 0 Å². The molecule has 2 N–H and O–H groups in total. The number of hydrogen-bond donors (Lipinski definition) is 2. The molecule has 1 fully saturated rings. The van der Waals surface area contributed by atoms with Gasteiger partial charge in [-0.15, -0.1) is 11.3 Å². The lowest BCUT2D eigenvalue weighted by Gasteiger charge is -2.34.